The largest absolute Gasteiger partial charge is 0.463 e. The summed E-state index contributed by atoms with van der Waals surface area (Å²) in [6.07, 6.45) is 5.71. The molecule has 0 unspecified atom stereocenters. The van der Waals surface area contributed by atoms with Crippen molar-refractivity contribution < 1.29 is 19.1 Å². The molecule has 1 atom stereocenters. The number of carbonyl (C=O) groups excluding carboxylic acids is 2. The van der Waals surface area contributed by atoms with Gasteiger partial charge in [-0.05, 0) is 67.8 Å². The van der Waals surface area contributed by atoms with Gasteiger partial charge in [-0.3, -0.25) is 9.36 Å². The van der Waals surface area contributed by atoms with E-state index in [0.717, 1.165) is 26.7 Å². The number of hydrogen-bond donors (Lipinski definition) is 1. The number of hydrogen-bond acceptors (Lipinski definition) is 9. The quantitative estimate of drug-likeness (QED) is 0.326. The average molecular weight is 569 g/mol. The highest BCUT2D eigenvalue weighted by Crippen LogP contribution is 2.38. The lowest BCUT2D eigenvalue weighted by Crippen LogP contribution is -2.42. The van der Waals surface area contributed by atoms with Crippen molar-refractivity contribution in [3.8, 4) is 0 Å². The Hall–Kier alpha value is -3.21. The lowest BCUT2D eigenvalue weighted by molar-refractivity contribution is -0.138. The third kappa shape index (κ3) is 5.34. The Morgan fingerprint density at radius 2 is 1.45 bits per heavy atom. The Morgan fingerprint density at radius 3 is 1.97 bits per heavy atom. The first-order valence-electron chi connectivity index (χ1n) is 11.9. The molecule has 38 heavy (non-hydrogen) atoms. The third-order valence-electron chi connectivity index (χ3n) is 6.00. The number of carbonyl (C=O) groups is 2. The van der Waals surface area contributed by atoms with Gasteiger partial charge >= 0.3 is 11.9 Å². The summed E-state index contributed by atoms with van der Waals surface area (Å²) in [7, 11) is 0. The summed E-state index contributed by atoms with van der Waals surface area (Å²) < 4.78 is 12.7. The van der Waals surface area contributed by atoms with Gasteiger partial charge in [0.15, 0.2) is 0 Å². The predicted octanol–water partition coefficient (Wildman–Crippen LogP) is 3.38. The number of benzene rings is 2. The molecule has 4 rings (SSSR count). The molecule has 0 fully saturated rings. The van der Waals surface area contributed by atoms with Crippen molar-refractivity contribution in [2.45, 2.75) is 29.6 Å². The summed E-state index contributed by atoms with van der Waals surface area (Å²) in [5.41, 5.74) is 7.84. The Labute approximate surface area is 233 Å². The average Bonchev–Trinajstić information content (AvgIpc) is 3.24. The monoisotopic (exact) mass is 568 g/mol. The number of ether oxygens (including phenoxy) is 2. The molecule has 2 heterocycles. The second-order valence-corrected chi connectivity index (χ2v) is 11.0. The predicted molar refractivity (Wildman–Crippen MR) is 155 cm³/mol. The molecule has 0 amide bonds. The fraction of sp³-hybridized carbons (Fsp3) is 0.250. The number of nitrogens with zero attached hydrogens (tertiary/aromatic N) is 1. The Bertz CT molecular complexity index is 1570. The number of thioether (sulfide) groups is 2. The van der Waals surface area contributed by atoms with Crippen LogP contribution in [0.4, 0.5) is 0 Å². The van der Waals surface area contributed by atoms with Gasteiger partial charge in [-0.1, -0.05) is 24.3 Å². The van der Waals surface area contributed by atoms with Crippen LogP contribution in [0.15, 0.2) is 68.7 Å². The maximum Gasteiger partial charge on any atom is 0.338 e. The van der Waals surface area contributed by atoms with Crippen molar-refractivity contribution in [2.75, 3.05) is 25.7 Å². The highest BCUT2D eigenvalue weighted by molar-refractivity contribution is 7.98. The minimum Gasteiger partial charge on any atom is -0.463 e. The number of aromatic nitrogens is 1. The summed E-state index contributed by atoms with van der Waals surface area (Å²) in [4.78, 5) is 42.5. The SMILES string of the molecule is CCOC(=O)C1=C(N)n2c(s/c(=C/c3ccc(SC)cc3)c2=O)=C(C(=O)OCC)[C@@H]1c1ccc(SC)cc1. The van der Waals surface area contributed by atoms with Crippen LogP contribution in [0.1, 0.15) is 30.9 Å². The zero-order valence-electron chi connectivity index (χ0n) is 21.5. The molecule has 2 aromatic carbocycles. The van der Waals surface area contributed by atoms with Crippen molar-refractivity contribution in [2.24, 2.45) is 5.73 Å². The lowest BCUT2D eigenvalue weighted by Gasteiger charge is -2.27. The molecule has 0 saturated heterocycles. The fourth-order valence-electron chi connectivity index (χ4n) is 4.24. The molecule has 0 bridgehead atoms. The first-order valence-corrected chi connectivity index (χ1v) is 15.2. The van der Waals surface area contributed by atoms with Gasteiger partial charge in [0.05, 0.1) is 34.8 Å². The zero-order chi connectivity index (χ0) is 27.4. The number of nitrogens with two attached hydrogens (primary N) is 1. The second-order valence-electron chi connectivity index (χ2n) is 8.19. The first-order chi connectivity index (χ1) is 18.3. The van der Waals surface area contributed by atoms with Crippen LogP contribution >= 0.6 is 34.9 Å². The molecule has 0 spiro atoms. The Balaban J connectivity index is 2.06. The van der Waals surface area contributed by atoms with Gasteiger partial charge in [-0.2, -0.15) is 0 Å². The molecule has 3 aromatic rings. The summed E-state index contributed by atoms with van der Waals surface area (Å²) >= 11 is 4.35. The van der Waals surface area contributed by atoms with E-state index in [0.29, 0.717) is 14.8 Å². The molecule has 0 aliphatic carbocycles. The van der Waals surface area contributed by atoms with Crippen molar-refractivity contribution in [1.29, 1.82) is 0 Å². The molecule has 1 aliphatic rings. The van der Waals surface area contributed by atoms with Crippen LogP contribution in [-0.2, 0) is 19.1 Å². The van der Waals surface area contributed by atoms with E-state index in [4.69, 9.17) is 15.2 Å². The van der Waals surface area contributed by atoms with Gasteiger partial charge in [0.2, 0.25) is 0 Å². The van der Waals surface area contributed by atoms with E-state index < -0.39 is 23.4 Å². The van der Waals surface area contributed by atoms with E-state index in [2.05, 4.69) is 0 Å². The molecule has 0 saturated carbocycles. The van der Waals surface area contributed by atoms with Crippen LogP contribution in [0.25, 0.3) is 17.5 Å². The van der Waals surface area contributed by atoms with Gasteiger partial charge in [0, 0.05) is 9.79 Å². The molecular formula is C28H28N2O5S3. The maximum atomic E-state index is 13.6. The number of fused-ring (bicyclic) bond motifs is 1. The van der Waals surface area contributed by atoms with Crippen LogP contribution in [0.5, 0.6) is 0 Å². The number of thiazole rings is 1. The van der Waals surface area contributed by atoms with E-state index >= 15 is 0 Å². The van der Waals surface area contributed by atoms with Crippen molar-refractivity contribution >= 4 is 64.3 Å². The number of esters is 2. The van der Waals surface area contributed by atoms with Crippen LogP contribution in [-0.4, -0.2) is 42.2 Å². The van der Waals surface area contributed by atoms with Crippen molar-refractivity contribution in [3.05, 3.63) is 84.8 Å². The molecule has 0 radical (unpaired) electrons. The molecule has 2 N–H and O–H groups in total. The minimum absolute atomic E-state index is 0.0371. The van der Waals surface area contributed by atoms with Crippen LogP contribution in [0.2, 0.25) is 0 Å². The van der Waals surface area contributed by atoms with E-state index in [1.54, 1.807) is 43.4 Å². The van der Waals surface area contributed by atoms with Crippen molar-refractivity contribution in [1.82, 2.24) is 4.57 Å². The van der Waals surface area contributed by atoms with Crippen molar-refractivity contribution in [3.63, 3.8) is 0 Å². The second kappa shape index (κ2) is 12.1. The van der Waals surface area contributed by atoms with Crippen LogP contribution in [0.3, 0.4) is 0 Å². The van der Waals surface area contributed by atoms with Gasteiger partial charge < -0.3 is 15.2 Å². The Morgan fingerprint density at radius 1 is 0.921 bits per heavy atom. The molecule has 1 aliphatic heterocycles. The van der Waals surface area contributed by atoms with Gasteiger partial charge in [0.1, 0.15) is 10.5 Å². The fourth-order valence-corrected chi connectivity index (χ4v) is 6.23. The highest BCUT2D eigenvalue weighted by atomic mass is 32.2. The smallest absolute Gasteiger partial charge is 0.338 e. The van der Waals surface area contributed by atoms with Gasteiger partial charge in [-0.15, -0.1) is 34.9 Å². The van der Waals surface area contributed by atoms with E-state index in [9.17, 15) is 14.4 Å². The molecule has 198 valence electrons. The summed E-state index contributed by atoms with van der Waals surface area (Å²) in [5.74, 6) is -2.22. The zero-order valence-corrected chi connectivity index (χ0v) is 23.9. The minimum atomic E-state index is -0.865. The highest BCUT2D eigenvalue weighted by Gasteiger charge is 2.39. The topological polar surface area (TPSA) is 101 Å². The summed E-state index contributed by atoms with van der Waals surface area (Å²) in [6.45, 7) is 3.63. The summed E-state index contributed by atoms with van der Waals surface area (Å²) in [5, 5.41) is 0. The molecule has 1 aromatic heterocycles. The number of rotatable bonds is 8. The molecule has 7 nitrogen and oxygen atoms in total. The first kappa shape index (κ1) is 27.8. The molecule has 10 heteroatoms. The van der Waals surface area contributed by atoms with Gasteiger partial charge in [0.25, 0.3) is 5.56 Å². The van der Waals surface area contributed by atoms with Gasteiger partial charge in [-0.25, -0.2) is 9.59 Å². The normalized spacial score (nSPS) is 15.4. The summed E-state index contributed by atoms with van der Waals surface area (Å²) in [6, 6.07) is 15.3. The standard InChI is InChI=1S/C28H28N2O5S3/c1-5-34-27(32)22-21(17-9-13-19(37-4)14-10-17)23(28(33)35-6-2)26-30(24(22)29)25(31)20(38-26)15-16-7-11-18(36-3)12-8-16/h7-15,21H,5-6,29H2,1-4H3/b20-15+/t21-/m1/s1. The Kier molecular flexibility index (Phi) is 8.86. The van der Waals surface area contributed by atoms with E-state index in [1.807, 2.05) is 61.0 Å². The van der Waals surface area contributed by atoms with E-state index in [-0.39, 0.29) is 30.2 Å². The van der Waals surface area contributed by atoms with Crippen LogP contribution < -0.4 is 20.5 Å². The molecular weight excluding hydrogens is 541 g/mol. The maximum absolute atomic E-state index is 13.6. The van der Waals surface area contributed by atoms with E-state index in [1.165, 1.54) is 4.57 Å². The third-order valence-corrected chi connectivity index (χ3v) is 8.60. The lowest BCUT2D eigenvalue weighted by atomic mass is 9.83. The van der Waals surface area contributed by atoms with Crippen LogP contribution in [0, 0.1) is 0 Å².